The van der Waals surface area contributed by atoms with Gasteiger partial charge in [0.25, 0.3) is 0 Å². The van der Waals surface area contributed by atoms with Crippen LogP contribution >= 0.6 is 0 Å². The number of amides is 3. The molecule has 2 aliphatic rings. The molecular formula is C31H35FN6O7. The van der Waals surface area contributed by atoms with Crippen LogP contribution in [0.2, 0.25) is 0 Å². The van der Waals surface area contributed by atoms with E-state index in [-0.39, 0.29) is 37.2 Å². The van der Waals surface area contributed by atoms with Gasteiger partial charge in [0.15, 0.2) is 0 Å². The summed E-state index contributed by atoms with van der Waals surface area (Å²) in [7, 11) is 0. The highest BCUT2D eigenvalue weighted by Crippen LogP contribution is 2.29. The van der Waals surface area contributed by atoms with Gasteiger partial charge in [0.2, 0.25) is 11.8 Å². The minimum Gasteiger partial charge on any atom is -0.444 e. The Labute approximate surface area is 258 Å². The molecule has 0 unspecified atom stereocenters. The van der Waals surface area contributed by atoms with Crippen LogP contribution in [0.15, 0.2) is 58.0 Å². The predicted molar refractivity (Wildman–Crippen MR) is 162 cm³/mol. The molecule has 2 aromatic carbocycles. The van der Waals surface area contributed by atoms with E-state index in [0.29, 0.717) is 61.5 Å². The second-order valence-corrected chi connectivity index (χ2v) is 11.0. The van der Waals surface area contributed by atoms with Gasteiger partial charge in [-0.15, -0.1) is 0 Å². The number of hydrazine groups is 1. The molecule has 3 aromatic rings. The topological polar surface area (TPSA) is 146 Å². The smallest absolute Gasteiger partial charge is 0.414 e. The number of halogens is 1. The highest BCUT2D eigenvalue weighted by Gasteiger charge is 2.33. The molecule has 3 heterocycles. The Kier molecular flexibility index (Phi) is 9.62. The third-order valence-corrected chi connectivity index (χ3v) is 7.65. The van der Waals surface area contributed by atoms with E-state index in [0.717, 1.165) is 5.56 Å². The zero-order chi connectivity index (χ0) is 32.1. The third-order valence-electron chi connectivity index (χ3n) is 7.65. The number of nitrogens with zero attached hydrogens (tertiary/aromatic N) is 4. The number of cyclic esters (lactones) is 1. The van der Waals surface area contributed by atoms with Gasteiger partial charge in [0.05, 0.1) is 42.6 Å². The molecule has 1 atom stereocenters. The van der Waals surface area contributed by atoms with Gasteiger partial charge in [0, 0.05) is 33.0 Å². The maximum Gasteiger partial charge on any atom is 0.414 e. The summed E-state index contributed by atoms with van der Waals surface area (Å²) in [5, 5.41) is 4.08. The number of Topliss-reactive ketones (excluding diaryl/α,β-unsaturated/α-hetero) is 1. The van der Waals surface area contributed by atoms with E-state index in [1.54, 1.807) is 36.4 Å². The summed E-state index contributed by atoms with van der Waals surface area (Å²) in [5.74, 6) is -0.887. The first kappa shape index (κ1) is 31.4. The summed E-state index contributed by atoms with van der Waals surface area (Å²) in [6.07, 6.45) is 1.38. The minimum atomic E-state index is -0.568. The van der Waals surface area contributed by atoms with Gasteiger partial charge in [0.1, 0.15) is 24.4 Å². The molecule has 2 fully saturated rings. The van der Waals surface area contributed by atoms with E-state index in [1.807, 2.05) is 4.90 Å². The van der Waals surface area contributed by atoms with Gasteiger partial charge in [-0.2, -0.15) is 4.74 Å². The maximum atomic E-state index is 15.3. The number of rotatable bonds is 10. The molecule has 2 N–H and O–H groups in total. The van der Waals surface area contributed by atoms with E-state index in [1.165, 1.54) is 40.8 Å². The Hall–Kier alpha value is -4.98. The van der Waals surface area contributed by atoms with Crippen LogP contribution in [-0.2, 0) is 32.2 Å². The zero-order valence-electron chi connectivity index (χ0n) is 25.1. The lowest BCUT2D eigenvalue weighted by atomic mass is 10.1. The number of carbonyl (C=O) groups is 4. The molecule has 45 heavy (non-hydrogen) atoms. The number of nitrogens with one attached hydrogen (secondary N) is 2. The van der Waals surface area contributed by atoms with Crippen molar-refractivity contribution in [1.29, 1.82) is 0 Å². The SMILES string of the molecule is CC(=O)CC[C@H]1CN(c2ccc(N3CCNN(C(=O)Cc4ccc(-c5cn(CNC(C)=O)oc5=O)cc4)CC3)c(F)c2)C(=O)O1. The lowest BCUT2D eigenvalue weighted by Gasteiger charge is -2.24. The molecule has 5 rings (SSSR count). The Balaban J connectivity index is 1.16. The lowest BCUT2D eigenvalue weighted by molar-refractivity contribution is -0.133. The number of anilines is 2. The molecule has 2 aliphatic heterocycles. The van der Waals surface area contributed by atoms with Gasteiger partial charge in [-0.3, -0.25) is 19.5 Å². The predicted octanol–water partition coefficient (Wildman–Crippen LogP) is 2.43. The Morgan fingerprint density at radius 1 is 1.04 bits per heavy atom. The second-order valence-electron chi connectivity index (χ2n) is 11.0. The molecule has 0 radical (unpaired) electrons. The summed E-state index contributed by atoms with van der Waals surface area (Å²) >= 11 is 0. The number of hydrogen-bond donors (Lipinski definition) is 2. The van der Waals surface area contributed by atoms with Gasteiger partial charge in [-0.05, 0) is 42.7 Å². The Morgan fingerprint density at radius 3 is 2.53 bits per heavy atom. The van der Waals surface area contributed by atoms with Crippen molar-refractivity contribution >= 4 is 35.1 Å². The highest BCUT2D eigenvalue weighted by atomic mass is 19.1. The van der Waals surface area contributed by atoms with Crippen molar-refractivity contribution in [3.05, 3.63) is 70.5 Å². The number of hydrogen-bond acceptors (Lipinski definition) is 9. The second kappa shape index (κ2) is 13.8. The lowest BCUT2D eigenvalue weighted by Crippen LogP contribution is -2.44. The number of ketones is 1. The number of carbonyl (C=O) groups excluding carboxylic acids is 4. The third kappa shape index (κ3) is 7.76. The van der Waals surface area contributed by atoms with Crippen molar-refractivity contribution in [2.45, 2.75) is 45.9 Å². The Bertz CT molecular complexity index is 1640. The molecule has 3 amide bonds. The molecule has 13 nitrogen and oxygen atoms in total. The monoisotopic (exact) mass is 622 g/mol. The fraction of sp³-hybridized carbons (Fsp3) is 0.387. The average molecular weight is 623 g/mol. The van der Waals surface area contributed by atoms with Crippen LogP contribution in [0.1, 0.15) is 32.3 Å². The van der Waals surface area contributed by atoms with Crippen molar-refractivity contribution in [1.82, 2.24) is 20.5 Å². The molecule has 0 spiro atoms. The zero-order valence-corrected chi connectivity index (χ0v) is 25.1. The van der Waals surface area contributed by atoms with Crippen LogP contribution in [0, 0.1) is 5.82 Å². The van der Waals surface area contributed by atoms with Gasteiger partial charge >= 0.3 is 11.7 Å². The molecule has 0 bridgehead atoms. The van der Waals surface area contributed by atoms with Crippen molar-refractivity contribution in [3.63, 3.8) is 0 Å². The van der Waals surface area contributed by atoms with E-state index >= 15 is 4.39 Å². The molecule has 14 heteroatoms. The van der Waals surface area contributed by atoms with Crippen molar-refractivity contribution in [3.8, 4) is 11.1 Å². The number of aromatic nitrogens is 1. The quantitative estimate of drug-likeness (QED) is 0.348. The fourth-order valence-electron chi connectivity index (χ4n) is 5.26. The average Bonchev–Trinajstić information content (AvgIpc) is 3.46. The van der Waals surface area contributed by atoms with E-state index in [9.17, 15) is 24.0 Å². The van der Waals surface area contributed by atoms with Crippen molar-refractivity contribution in [2.24, 2.45) is 0 Å². The van der Waals surface area contributed by atoms with Crippen LogP contribution in [0.25, 0.3) is 11.1 Å². The molecular weight excluding hydrogens is 587 g/mol. The summed E-state index contributed by atoms with van der Waals surface area (Å²) in [6.45, 7) is 4.71. The largest absolute Gasteiger partial charge is 0.444 e. The first-order valence-electron chi connectivity index (χ1n) is 14.7. The normalized spacial score (nSPS) is 16.8. The van der Waals surface area contributed by atoms with E-state index in [4.69, 9.17) is 9.26 Å². The maximum absolute atomic E-state index is 15.3. The number of benzene rings is 2. The van der Waals surface area contributed by atoms with Crippen LogP contribution in [0.3, 0.4) is 0 Å². The van der Waals surface area contributed by atoms with Crippen LogP contribution in [-0.4, -0.2) is 72.3 Å². The summed E-state index contributed by atoms with van der Waals surface area (Å²) in [4.78, 5) is 63.3. The van der Waals surface area contributed by atoms with E-state index in [2.05, 4.69) is 10.7 Å². The first-order valence-corrected chi connectivity index (χ1v) is 14.7. The standard InChI is InChI=1S/C31H35FN6O7/c1-20(39)3-9-25-17-37(31(43)44-25)24-8-10-28(27(32)16-24)35-12-11-34-38(14-13-35)29(41)15-22-4-6-23(7-5-22)26-18-36(45-30(26)42)19-33-21(2)40/h4-8,10,16,18,25,34H,3,9,11-15,17,19H2,1-2H3,(H,33,40)/t25-/m0/s1. The first-order chi connectivity index (χ1) is 21.6. The minimum absolute atomic E-state index is 0.0162. The van der Waals surface area contributed by atoms with Crippen LogP contribution in [0.5, 0.6) is 0 Å². The fourth-order valence-corrected chi connectivity index (χ4v) is 5.26. The van der Waals surface area contributed by atoms with Gasteiger partial charge in [-0.25, -0.2) is 19.4 Å². The van der Waals surface area contributed by atoms with Crippen molar-refractivity contribution in [2.75, 3.05) is 42.5 Å². The summed E-state index contributed by atoms with van der Waals surface area (Å²) in [6, 6.07) is 11.6. The Morgan fingerprint density at radius 2 is 1.82 bits per heavy atom. The van der Waals surface area contributed by atoms with E-state index < -0.39 is 23.6 Å². The molecule has 238 valence electrons. The molecule has 0 aliphatic carbocycles. The molecule has 0 saturated carbocycles. The van der Waals surface area contributed by atoms with Gasteiger partial charge < -0.3 is 24.3 Å². The van der Waals surface area contributed by atoms with Crippen molar-refractivity contribution < 1.29 is 32.8 Å². The number of ether oxygens (including phenoxy) is 1. The van der Waals surface area contributed by atoms with Crippen LogP contribution < -0.4 is 26.2 Å². The molecule has 1 aromatic heterocycles. The highest BCUT2D eigenvalue weighted by molar-refractivity contribution is 5.90. The molecule has 2 saturated heterocycles. The van der Waals surface area contributed by atoms with Gasteiger partial charge in [-0.1, -0.05) is 24.3 Å². The summed E-state index contributed by atoms with van der Waals surface area (Å²) < 4.78 is 27.0. The summed E-state index contributed by atoms with van der Waals surface area (Å²) in [5.41, 5.74) is 5.02. The van der Waals surface area contributed by atoms with Crippen LogP contribution in [0.4, 0.5) is 20.6 Å².